The van der Waals surface area contributed by atoms with Crippen molar-refractivity contribution in [2.75, 3.05) is 38.3 Å². The number of benzene rings is 1. The Morgan fingerprint density at radius 2 is 1.84 bits per heavy atom. The number of nitrogens with one attached hydrogen (secondary N) is 2. The lowest BCUT2D eigenvalue weighted by molar-refractivity contribution is -0.125. The third-order valence-corrected chi connectivity index (χ3v) is 6.92. The summed E-state index contributed by atoms with van der Waals surface area (Å²) in [6.07, 6.45) is -0.259. The first-order chi connectivity index (χ1) is 17.7. The van der Waals surface area contributed by atoms with E-state index in [1.165, 1.54) is 18.9 Å². The second-order valence-electron chi connectivity index (χ2n) is 8.96. The standard InChI is InChI=1S/C25H29F5N4O3S/c1-5-34(9-8-31-38(4,36)37)24-22(28)19-11-15(25(35)33(24)3)10-17(27)13-18(19)14(2)32-21-7-6-16(26)12-20(21)23(29)30/h6-7,10,12-14,23,31-32H,5,8-9,11H2,1-4H3/t14-/m1/s1. The van der Waals surface area contributed by atoms with Gasteiger partial charge in [-0.2, -0.15) is 0 Å². The number of anilines is 1. The van der Waals surface area contributed by atoms with Gasteiger partial charge in [-0.1, -0.05) is 0 Å². The fourth-order valence-corrected chi connectivity index (χ4v) is 4.86. The minimum absolute atomic E-state index is 0.0241. The van der Waals surface area contributed by atoms with Crippen LogP contribution in [0.5, 0.6) is 0 Å². The van der Waals surface area contributed by atoms with Crippen LogP contribution in [-0.4, -0.2) is 63.1 Å². The lowest BCUT2D eigenvalue weighted by Gasteiger charge is -2.32. The molecule has 1 atom stereocenters. The van der Waals surface area contributed by atoms with Gasteiger partial charge in [0.15, 0.2) is 5.83 Å². The average Bonchev–Trinajstić information content (AvgIpc) is 3.05. The van der Waals surface area contributed by atoms with Gasteiger partial charge in [0.05, 0.1) is 6.26 Å². The monoisotopic (exact) mass is 560 g/mol. The van der Waals surface area contributed by atoms with Crippen LogP contribution in [-0.2, 0) is 14.8 Å². The minimum Gasteiger partial charge on any atom is -0.378 e. The highest BCUT2D eigenvalue weighted by Crippen LogP contribution is 2.39. The molecule has 0 fully saturated rings. The van der Waals surface area contributed by atoms with Crippen molar-refractivity contribution in [3.8, 4) is 0 Å². The number of nitrogens with zero attached hydrogens (tertiary/aromatic N) is 2. The van der Waals surface area contributed by atoms with E-state index in [4.69, 9.17) is 0 Å². The maximum atomic E-state index is 16.3. The van der Waals surface area contributed by atoms with Crippen molar-refractivity contribution in [1.82, 2.24) is 14.5 Å². The van der Waals surface area contributed by atoms with Crippen LogP contribution in [0.3, 0.4) is 0 Å². The van der Waals surface area contributed by atoms with Gasteiger partial charge in [0.2, 0.25) is 10.0 Å². The van der Waals surface area contributed by atoms with Crippen molar-refractivity contribution in [2.45, 2.75) is 32.7 Å². The predicted octanol–water partition coefficient (Wildman–Crippen LogP) is 4.53. The normalized spacial score (nSPS) is 17.3. The van der Waals surface area contributed by atoms with E-state index in [1.54, 1.807) is 6.92 Å². The number of amides is 1. The van der Waals surface area contributed by atoms with Gasteiger partial charge >= 0.3 is 0 Å². The van der Waals surface area contributed by atoms with Crippen LogP contribution in [0.4, 0.5) is 27.6 Å². The number of halogens is 5. The van der Waals surface area contributed by atoms with E-state index >= 15 is 4.39 Å². The molecule has 1 heterocycles. The number of hydrogen-bond donors (Lipinski definition) is 2. The molecular weight excluding hydrogens is 531 g/mol. The van der Waals surface area contributed by atoms with E-state index in [-0.39, 0.29) is 54.3 Å². The van der Waals surface area contributed by atoms with Gasteiger partial charge in [-0.05, 0) is 49.8 Å². The molecule has 3 rings (SSSR count). The Bertz CT molecular complexity index is 1340. The fourth-order valence-electron chi connectivity index (χ4n) is 4.40. The van der Waals surface area contributed by atoms with Crippen molar-refractivity contribution in [2.24, 2.45) is 0 Å². The van der Waals surface area contributed by atoms with Gasteiger partial charge in [-0.25, -0.2) is 35.1 Å². The van der Waals surface area contributed by atoms with Crippen LogP contribution in [0.15, 0.2) is 64.5 Å². The molecule has 1 amide bonds. The largest absolute Gasteiger partial charge is 0.378 e. The number of hydrogen-bond acceptors (Lipinski definition) is 5. The number of alkyl halides is 2. The van der Waals surface area contributed by atoms with E-state index in [9.17, 15) is 30.8 Å². The van der Waals surface area contributed by atoms with Crippen molar-refractivity contribution in [3.63, 3.8) is 0 Å². The first-order valence-corrected chi connectivity index (χ1v) is 13.6. The molecule has 1 aliphatic heterocycles. The van der Waals surface area contributed by atoms with Crippen LogP contribution in [0.25, 0.3) is 0 Å². The number of rotatable bonds is 10. The number of carbonyl (C=O) groups is 1. The Hall–Kier alpha value is -3.19. The lowest BCUT2D eigenvalue weighted by Crippen LogP contribution is -2.41. The molecule has 38 heavy (non-hydrogen) atoms. The molecule has 1 aliphatic carbocycles. The van der Waals surface area contributed by atoms with Crippen molar-refractivity contribution < 1.29 is 35.2 Å². The molecule has 2 N–H and O–H groups in total. The zero-order chi connectivity index (χ0) is 28.4. The quantitative estimate of drug-likeness (QED) is 0.411. The molecule has 0 saturated carbocycles. The van der Waals surface area contributed by atoms with Crippen molar-refractivity contribution >= 4 is 21.6 Å². The summed E-state index contributed by atoms with van der Waals surface area (Å²) in [5, 5.41) is 2.80. The highest BCUT2D eigenvalue weighted by atomic mass is 32.2. The molecule has 7 nitrogen and oxygen atoms in total. The molecule has 208 valence electrons. The minimum atomic E-state index is -3.51. The van der Waals surface area contributed by atoms with E-state index in [0.29, 0.717) is 6.07 Å². The van der Waals surface area contributed by atoms with Gasteiger partial charge < -0.3 is 10.2 Å². The van der Waals surface area contributed by atoms with Gasteiger partial charge in [-0.3, -0.25) is 9.69 Å². The summed E-state index contributed by atoms with van der Waals surface area (Å²) >= 11 is 0. The topological polar surface area (TPSA) is 81.8 Å². The Kier molecular flexibility index (Phi) is 9.03. The highest BCUT2D eigenvalue weighted by molar-refractivity contribution is 7.88. The summed E-state index contributed by atoms with van der Waals surface area (Å²) in [6.45, 7) is 3.37. The molecule has 0 saturated heterocycles. The molecule has 1 aromatic carbocycles. The number of fused-ring (bicyclic) bond motifs is 2. The van der Waals surface area contributed by atoms with Crippen LogP contribution in [0.2, 0.25) is 0 Å². The summed E-state index contributed by atoms with van der Waals surface area (Å²) in [6, 6.07) is 1.86. The molecule has 0 spiro atoms. The summed E-state index contributed by atoms with van der Waals surface area (Å²) in [4.78, 5) is 15.7. The molecule has 2 aliphatic rings. The maximum Gasteiger partial charge on any atom is 0.265 e. The molecule has 0 unspecified atom stereocenters. The second-order valence-corrected chi connectivity index (χ2v) is 10.8. The Morgan fingerprint density at radius 1 is 1.16 bits per heavy atom. The summed E-state index contributed by atoms with van der Waals surface area (Å²) < 4.78 is 97.0. The van der Waals surface area contributed by atoms with Crippen molar-refractivity contribution in [1.29, 1.82) is 0 Å². The smallest absolute Gasteiger partial charge is 0.265 e. The maximum absolute atomic E-state index is 16.3. The Morgan fingerprint density at radius 3 is 2.45 bits per heavy atom. The predicted molar refractivity (Wildman–Crippen MR) is 134 cm³/mol. The Balaban J connectivity index is 2.11. The van der Waals surface area contributed by atoms with Crippen LogP contribution in [0, 0.1) is 5.82 Å². The fraction of sp³-hybridized carbons (Fsp3) is 0.400. The van der Waals surface area contributed by atoms with Gasteiger partial charge in [0.25, 0.3) is 12.3 Å². The summed E-state index contributed by atoms with van der Waals surface area (Å²) in [5.41, 5.74) is -0.707. The summed E-state index contributed by atoms with van der Waals surface area (Å²) in [5.74, 6) is -3.31. The van der Waals surface area contributed by atoms with Crippen LogP contribution < -0.4 is 10.0 Å². The van der Waals surface area contributed by atoms with Crippen LogP contribution >= 0.6 is 0 Å². The Labute approximate surface area is 218 Å². The third-order valence-electron chi connectivity index (χ3n) is 6.19. The zero-order valence-electron chi connectivity index (χ0n) is 21.3. The highest BCUT2D eigenvalue weighted by Gasteiger charge is 2.35. The molecular formula is C25H29F5N4O3S. The number of allylic oxidation sites excluding steroid dienone is 4. The summed E-state index contributed by atoms with van der Waals surface area (Å²) in [7, 11) is -2.18. The first-order valence-electron chi connectivity index (χ1n) is 11.8. The lowest BCUT2D eigenvalue weighted by atomic mass is 9.96. The van der Waals surface area contributed by atoms with E-state index in [0.717, 1.165) is 35.4 Å². The van der Waals surface area contributed by atoms with Crippen LogP contribution in [0.1, 0.15) is 32.3 Å². The third kappa shape index (κ3) is 6.62. The van der Waals surface area contributed by atoms with E-state index in [1.807, 2.05) is 0 Å². The first kappa shape index (κ1) is 29.4. The number of likely N-dealkylation sites (N-methyl/N-ethyl adjacent to an activating group) is 2. The van der Waals surface area contributed by atoms with Gasteiger partial charge in [0.1, 0.15) is 17.5 Å². The molecule has 1 aromatic rings. The SMILES string of the molecule is CCN(CCNS(C)(=O)=O)C1=C(F)C2=C([C@@H](C)Nc3ccc(F)cc3C(F)F)C=C(F)C=C(C2)C(=O)N1C. The van der Waals surface area contributed by atoms with E-state index in [2.05, 4.69) is 10.0 Å². The average molecular weight is 561 g/mol. The zero-order valence-corrected chi connectivity index (χ0v) is 22.1. The molecule has 13 heteroatoms. The molecule has 2 bridgehead atoms. The molecule has 0 aromatic heterocycles. The second kappa shape index (κ2) is 11.7. The number of carbonyl (C=O) groups excluding carboxylic acids is 1. The van der Waals surface area contributed by atoms with Gasteiger partial charge in [0, 0.05) is 61.5 Å². The number of sulfonamides is 1. The van der Waals surface area contributed by atoms with Gasteiger partial charge in [-0.15, -0.1) is 0 Å². The van der Waals surface area contributed by atoms with E-state index < -0.39 is 51.4 Å². The molecule has 0 radical (unpaired) electrons. The van der Waals surface area contributed by atoms with Crippen molar-refractivity contribution in [3.05, 3.63) is 75.9 Å².